The minimum Gasteiger partial charge on any atom is -0.456 e. The van der Waals surface area contributed by atoms with Crippen LogP contribution in [0.1, 0.15) is 40.9 Å². The van der Waals surface area contributed by atoms with Crippen LogP contribution in [0, 0.1) is 5.82 Å². The van der Waals surface area contributed by atoms with Crippen LogP contribution in [0.4, 0.5) is 23.2 Å². The average Bonchev–Trinajstić information content (AvgIpc) is 3.52. The number of ketones is 1. The van der Waals surface area contributed by atoms with Crippen LogP contribution in [0.5, 0.6) is 0 Å². The van der Waals surface area contributed by atoms with Crippen molar-refractivity contribution in [1.29, 1.82) is 0 Å². The van der Waals surface area contributed by atoms with Crippen molar-refractivity contribution in [3.8, 4) is 0 Å². The van der Waals surface area contributed by atoms with Gasteiger partial charge in [0.05, 0.1) is 10.6 Å². The van der Waals surface area contributed by atoms with Gasteiger partial charge in [-0.2, -0.15) is 18.3 Å². The van der Waals surface area contributed by atoms with Crippen LogP contribution in [0.3, 0.4) is 0 Å². The van der Waals surface area contributed by atoms with Crippen molar-refractivity contribution in [2.45, 2.75) is 69.9 Å². The number of carbonyl (C=O) groups excluding carboxylic acids is 3. The number of benzene rings is 1. The second kappa shape index (κ2) is 12.2. The number of Topliss-reactive ketones (excluding diaryl/α,β-unsaturated/α-hetero) is 1. The van der Waals surface area contributed by atoms with E-state index in [9.17, 15) is 31.9 Å². The Balaban J connectivity index is 1.42. The summed E-state index contributed by atoms with van der Waals surface area (Å²) in [6.45, 7) is 5.48. The van der Waals surface area contributed by atoms with Crippen LogP contribution in [-0.4, -0.2) is 65.7 Å². The van der Waals surface area contributed by atoms with Crippen LogP contribution in [0.25, 0.3) is 5.57 Å². The first-order valence-corrected chi connectivity index (χ1v) is 17.3. The summed E-state index contributed by atoms with van der Waals surface area (Å²) in [4.78, 5) is 39.9. The van der Waals surface area contributed by atoms with Crippen molar-refractivity contribution >= 4 is 48.6 Å². The molecule has 42 heavy (non-hydrogen) atoms. The maximum Gasteiger partial charge on any atom is 0.435 e. The highest BCUT2D eigenvalue weighted by molar-refractivity contribution is 6.76. The van der Waals surface area contributed by atoms with Gasteiger partial charge in [0, 0.05) is 44.2 Å². The maximum atomic E-state index is 14.7. The fourth-order valence-corrected chi connectivity index (χ4v) is 5.91. The van der Waals surface area contributed by atoms with Gasteiger partial charge in [0.25, 0.3) is 0 Å². The Morgan fingerprint density at radius 2 is 1.93 bits per heavy atom. The van der Waals surface area contributed by atoms with Gasteiger partial charge in [0.2, 0.25) is 11.7 Å². The highest BCUT2D eigenvalue weighted by Gasteiger charge is 2.45. The lowest BCUT2D eigenvalue weighted by Crippen LogP contribution is -2.47. The molecule has 15 heteroatoms. The number of anilines is 1. The van der Waals surface area contributed by atoms with E-state index in [0.717, 1.165) is 16.9 Å². The van der Waals surface area contributed by atoms with E-state index in [2.05, 4.69) is 24.7 Å². The highest BCUT2D eigenvalue weighted by Crippen LogP contribution is 2.40. The van der Waals surface area contributed by atoms with Crippen LogP contribution in [0.2, 0.25) is 30.7 Å². The van der Waals surface area contributed by atoms with Gasteiger partial charge in [-0.3, -0.25) is 9.59 Å². The lowest BCUT2D eigenvalue weighted by molar-refractivity contribution is -0.152. The zero-order valence-corrected chi connectivity index (χ0v) is 25.0. The fraction of sp³-hybridized carbons (Fsp3) is 0.481. The molecule has 1 aromatic heterocycles. The summed E-state index contributed by atoms with van der Waals surface area (Å²) in [5.41, 5.74) is 4.23. The highest BCUT2D eigenvalue weighted by atomic mass is 35.5. The molecule has 2 aliphatic rings. The first-order chi connectivity index (χ1) is 19.6. The normalized spacial score (nSPS) is 19.1. The topological polar surface area (TPSA) is 117 Å². The van der Waals surface area contributed by atoms with Gasteiger partial charge < -0.3 is 20.1 Å². The third-order valence-electron chi connectivity index (χ3n) is 7.13. The number of carbonyl (C=O) groups is 3. The maximum absolute atomic E-state index is 14.7. The third kappa shape index (κ3) is 7.04. The smallest absolute Gasteiger partial charge is 0.435 e. The van der Waals surface area contributed by atoms with Gasteiger partial charge in [0.15, 0.2) is 18.1 Å². The van der Waals surface area contributed by atoms with Crippen LogP contribution in [-0.2, 0) is 32.0 Å². The number of nitrogen functional groups attached to an aromatic ring is 1. The van der Waals surface area contributed by atoms with Crippen molar-refractivity contribution in [3.63, 3.8) is 0 Å². The Hall–Kier alpha value is -3.23. The van der Waals surface area contributed by atoms with Crippen molar-refractivity contribution in [2.24, 2.45) is 0 Å². The van der Waals surface area contributed by atoms with E-state index in [0.29, 0.717) is 18.6 Å². The first-order valence-electron chi connectivity index (χ1n) is 13.3. The molecule has 1 amide bonds. The number of nitrogens with two attached hydrogens (primary N) is 1. The zero-order valence-electron chi connectivity index (χ0n) is 23.3. The molecule has 1 aromatic carbocycles. The Kier molecular flexibility index (Phi) is 9.19. The van der Waals surface area contributed by atoms with Crippen LogP contribution < -0.4 is 5.73 Å². The molecule has 9 nitrogen and oxygen atoms in total. The van der Waals surface area contributed by atoms with Crippen molar-refractivity contribution in [1.82, 2.24) is 14.7 Å². The second-order valence-electron chi connectivity index (χ2n) is 11.5. The van der Waals surface area contributed by atoms with Gasteiger partial charge in [-0.1, -0.05) is 31.2 Å². The Morgan fingerprint density at radius 1 is 1.21 bits per heavy atom. The van der Waals surface area contributed by atoms with E-state index in [1.54, 1.807) is 0 Å². The second-order valence-corrected chi connectivity index (χ2v) is 17.5. The number of hydrogen-bond donors (Lipinski definition) is 1. The van der Waals surface area contributed by atoms with Gasteiger partial charge >= 0.3 is 12.1 Å². The summed E-state index contributed by atoms with van der Waals surface area (Å²) < 4.78 is 66.9. The molecule has 0 radical (unpaired) electrons. The number of aromatic nitrogens is 2. The SMILES string of the molecule is C[Si](C)(C)CCOCn1cc(C(=O)COC(=O)[C@@H]2CC[C@@H]3CC(c4c(N)ccc(Cl)c4F)=CC(=O)N32)c(C(F)(F)F)n1. The minimum absolute atomic E-state index is 0.0228. The third-order valence-corrected chi connectivity index (χ3v) is 9.12. The Morgan fingerprint density at radius 3 is 2.60 bits per heavy atom. The molecular formula is C27H31ClF4N4O5Si. The molecule has 3 heterocycles. The summed E-state index contributed by atoms with van der Waals surface area (Å²) in [7, 11) is -1.41. The van der Waals surface area contributed by atoms with Gasteiger partial charge in [-0.25, -0.2) is 13.9 Å². The molecule has 228 valence electrons. The number of amides is 1. The quantitative estimate of drug-likeness (QED) is 0.0962. The fourth-order valence-electron chi connectivity index (χ4n) is 5.00. The number of halogens is 5. The molecule has 2 aliphatic heterocycles. The molecular weight excluding hydrogens is 600 g/mol. The first kappa shape index (κ1) is 31.7. The molecule has 1 fully saturated rings. The summed E-state index contributed by atoms with van der Waals surface area (Å²) in [6, 6.07) is 2.01. The molecule has 2 atom stereocenters. The lowest BCUT2D eigenvalue weighted by Gasteiger charge is -2.33. The van der Waals surface area contributed by atoms with Crippen LogP contribution >= 0.6 is 11.6 Å². The Labute approximate surface area is 245 Å². The molecule has 0 unspecified atom stereocenters. The number of hydrogen-bond acceptors (Lipinski definition) is 7. The number of esters is 1. The number of fused-ring (bicyclic) bond motifs is 1. The zero-order chi connectivity index (χ0) is 31.0. The Bertz CT molecular complexity index is 1420. The number of ether oxygens (including phenoxy) is 2. The van der Waals surface area contributed by atoms with Crippen molar-refractivity contribution in [3.05, 3.63) is 52.1 Å². The van der Waals surface area contributed by atoms with E-state index < -0.39 is 67.7 Å². The van der Waals surface area contributed by atoms with Gasteiger partial charge in [-0.05, 0) is 43.0 Å². The van der Waals surface area contributed by atoms with Crippen LogP contribution in [0.15, 0.2) is 24.4 Å². The summed E-state index contributed by atoms with van der Waals surface area (Å²) in [5.74, 6) is -3.37. The summed E-state index contributed by atoms with van der Waals surface area (Å²) >= 11 is 5.89. The van der Waals surface area contributed by atoms with Crippen molar-refractivity contribution in [2.75, 3.05) is 18.9 Å². The number of alkyl halides is 3. The summed E-state index contributed by atoms with van der Waals surface area (Å²) in [5, 5.41) is 3.32. The minimum atomic E-state index is -4.92. The average molecular weight is 631 g/mol. The molecule has 1 saturated heterocycles. The van der Waals surface area contributed by atoms with Gasteiger partial charge in [-0.15, -0.1) is 0 Å². The standard InChI is InChI=1S/C27H31ClF4N4O5Si/c1-42(2,3)9-8-40-14-35-12-17(25(34-35)27(30,31)32)21(37)13-41-26(39)20-7-4-16-10-15(11-22(38)36(16)20)23-19(33)6-5-18(28)24(23)29/h5-6,11-12,16,20H,4,7-10,13-14,33H2,1-3H3/t16-,20+/m1/s1. The van der Waals surface area contributed by atoms with Gasteiger partial charge in [0.1, 0.15) is 12.8 Å². The van der Waals surface area contributed by atoms with E-state index in [4.69, 9.17) is 26.8 Å². The molecule has 2 N–H and O–H groups in total. The molecule has 0 bridgehead atoms. The predicted molar refractivity (Wildman–Crippen MR) is 149 cm³/mol. The molecule has 2 aromatic rings. The van der Waals surface area contributed by atoms with E-state index >= 15 is 0 Å². The van der Waals surface area contributed by atoms with E-state index in [-0.39, 0.29) is 35.8 Å². The largest absolute Gasteiger partial charge is 0.456 e. The monoisotopic (exact) mass is 630 g/mol. The lowest BCUT2D eigenvalue weighted by atomic mass is 9.92. The van der Waals surface area contributed by atoms with Crippen molar-refractivity contribution < 1.29 is 41.4 Å². The summed E-state index contributed by atoms with van der Waals surface area (Å²) in [6.07, 6.45) is -2.06. The van der Waals surface area contributed by atoms with E-state index in [1.807, 2.05) is 0 Å². The molecule has 4 rings (SSSR count). The number of rotatable bonds is 10. The van der Waals surface area contributed by atoms with E-state index in [1.165, 1.54) is 23.1 Å². The number of nitrogens with zero attached hydrogens (tertiary/aromatic N) is 3. The predicted octanol–water partition coefficient (Wildman–Crippen LogP) is 5.16. The molecule has 0 saturated carbocycles. The molecule has 0 spiro atoms. The molecule has 0 aliphatic carbocycles.